The van der Waals surface area contributed by atoms with Crippen LogP contribution >= 0.6 is 0 Å². The highest BCUT2D eigenvalue weighted by Gasteiger charge is 2.40. The van der Waals surface area contributed by atoms with Gasteiger partial charge in [-0.2, -0.15) is 0 Å². The minimum absolute atomic E-state index is 0.0632. The third kappa shape index (κ3) is 6.23. The topological polar surface area (TPSA) is 93.5 Å². The number of nitrogens with zero attached hydrogens (tertiary/aromatic N) is 1. The van der Waals surface area contributed by atoms with Crippen molar-refractivity contribution in [1.29, 1.82) is 5.41 Å². The van der Waals surface area contributed by atoms with Gasteiger partial charge in [0.05, 0.1) is 6.54 Å². The van der Waals surface area contributed by atoms with Crippen molar-refractivity contribution < 1.29 is 14.7 Å². The molecule has 1 aliphatic heterocycles. The van der Waals surface area contributed by atoms with Gasteiger partial charge in [0, 0.05) is 41.8 Å². The first kappa shape index (κ1) is 28.4. The van der Waals surface area contributed by atoms with Crippen molar-refractivity contribution in [2.75, 3.05) is 18.4 Å². The summed E-state index contributed by atoms with van der Waals surface area (Å²) in [5, 5.41) is 23.0. The van der Waals surface area contributed by atoms with E-state index in [9.17, 15) is 14.7 Å². The maximum Gasteiger partial charge on any atom is 0.221 e. The molecule has 3 N–H and O–H groups in total. The Morgan fingerprint density at radius 3 is 2.14 bits per heavy atom. The van der Waals surface area contributed by atoms with Gasteiger partial charge in [-0.1, -0.05) is 73.1 Å². The molecular formula is C31H43N3O3. The Labute approximate surface area is 222 Å². The van der Waals surface area contributed by atoms with Crippen LogP contribution < -0.4 is 5.32 Å². The van der Waals surface area contributed by atoms with Crippen LogP contribution in [0.1, 0.15) is 101 Å². The number of likely N-dealkylation sites (tertiary alicyclic amines) is 1. The lowest BCUT2D eigenvalue weighted by molar-refractivity contribution is -0.114. The SMILES string of the molecule is CCCC1CN(CC(=O)c2cc(C(C)(C)C)c(O)c(C(C)(C)C)c2)C(=N)C1c1ccccc1NC(C)=O. The van der Waals surface area contributed by atoms with Crippen molar-refractivity contribution in [1.82, 2.24) is 4.90 Å². The van der Waals surface area contributed by atoms with Crippen molar-refractivity contribution in [2.24, 2.45) is 5.92 Å². The van der Waals surface area contributed by atoms with E-state index in [0.29, 0.717) is 17.9 Å². The number of carbonyl (C=O) groups is 2. The van der Waals surface area contributed by atoms with Gasteiger partial charge in [-0.05, 0) is 46.9 Å². The van der Waals surface area contributed by atoms with E-state index in [1.807, 2.05) is 82.8 Å². The summed E-state index contributed by atoms with van der Waals surface area (Å²) in [6.45, 7) is 16.5. The molecule has 1 heterocycles. The normalized spacial score (nSPS) is 18.3. The molecule has 0 aliphatic carbocycles. The summed E-state index contributed by atoms with van der Waals surface area (Å²) < 4.78 is 0. The second-order valence-corrected chi connectivity index (χ2v) is 12.4. The van der Waals surface area contributed by atoms with Gasteiger partial charge >= 0.3 is 0 Å². The van der Waals surface area contributed by atoms with E-state index < -0.39 is 0 Å². The molecule has 3 rings (SSSR count). The molecule has 6 nitrogen and oxygen atoms in total. The first-order chi connectivity index (χ1) is 17.1. The fourth-order valence-electron chi connectivity index (χ4n) is 5.36. The molecule has 200 valence electrons. The second kappa shape index (κ2) is 10.7. The highest BCUT2D eigenvalue weighted by Crippen LogP contribution is 2.42. The van der Waals surface area contributed by atoms with Crippen molar-refractivity contribution >= 4 is 23.2 Å². The summed E-state index contributed by atoms with van der Waals surface area (Å²) in [6.07, 6.45) is 1.90. The number of carbonyl (C=O) groups excluding carboxylic acids is 2. The van der Waals surface area contributed by atoms with Crippen LogP contribution in [0.15, 0.2) is 36.4 Å². The van der Waals surface area contributed by atoms with Crippen LogP contribution in [-0.2, 0) is 15.6 Å². The van der Waals surface area contributed by atoms with E-state index in [0.717, 1.165) is 35.2 Å². The largest absolute Gasteiger partial charge is 0.507 e. The highest BCUT2D eigenvalue weighted by molar-refractivity contribution is 6.02. The number of anilines is 1. The van der Waals surface area contributed by atoms with Crippen molar-refractivity contribution in [3.63, 3.8) is 0 Å². The van der Waals surface area contributed by atoms with Gasteiger partial charge in [-0.15, -0.1) is 0 Å². The Morgan fingerprint density at radius 2 is 1.62 bits per heavy atom. The van der Waals surface area contributed by atoms with Crippen LogP contribution in [0.4, 0.5) is 5.69 Å². The number of phenols is 1. The lowest BCUT2D eigenvalue weighted by Crippen LogP contribution is -2.32. The van der Waals surface area contributed by atoms with E-state index in [1.54, 1.807) is 0 Å². The molecule has 2 aromatic rings. The summed E-state index contributed by atoms with van der Waals surface area (Å²) in [5.41, 5.74) is 3.07. The van der Waals surface area contributed by atoms with Crippen LogP contribution in [0.25, 0.3) is 0 Å². The number of Topliss-reactive ketones (excluding diaryl/α,β-unsaturated/α-hetero) is 1. The summed E-state index contributed by atoms with van der Waals surface area (Å²) in [6, 6.07) is 11.3. The molecule has 2 aromatic carbocycles. The maximum atomic E-state index is 13.7. The predicted octanol–water partition coefficient (Wildman–Crippen LogP) is 6.62. The summed E-state index contributed by atoms with van der Waals surface area (Å²) in [5.74, 6) is 0.444. The third-order valence-corrected chi connectivity index (χ3v) is 7.21. The zero-order valence-corrected chi connectivity index (χ0v) is 23.7. The predicted molar refractivity (Wildman–Crippen MR) is 151 cm³/mol. The average molecular weight is 506 g/mol. The highest BCUT2D eigenvalue weighted by atomic mass is 16.3. The number of hydrogen-bond acceptors (Lipinski definition) is 4. The quantitative estimate of drug-likeness (QED) is 0.369. The van der Waals surface area contributed by atoms with Crippen LogP contribution in [0.2, 0.25) is 0 Å². The zero-order chi connectivity index (χ0) is 27.7. The number of para-hydroxylation sites is 1. The number of phenolic OH excluding ortho intramolecular Hbond substituents is 1. The molecule has 0 radical (unpaired) electrons. The van der Waals surface area contributed by atoms with Gasteiger partial charge in [0.25, 0.3) is 0 Å². The molecule has 6 heteroatoms. The fraction of sp³-hybridized carbons (Fsp3) is 0.516. The van der Waals surface area contributed by atoms with E-state index in [2.05, 4.69) is 12.2 Å². The minimum Gasteiger partial charge on any atom is -0.507 e. The maximum absolute atomic E-state index is 13.7. The van der Waals surface area contributed by atoms with E-state index in [1.165, 1.54) is 6.92 Å². The molecule has 37 heavy (non-hydrogen) atoms. The standard InChI is InChI=1S/C31H43N3O3/c1-9-12-20-17-34(29(32)27(20)22-13-10-11-14-25(22)33-19(2)35)18-26(36)21-15-23(30(3,4)5)28(37)24(16-21)31(6,7)8/h10-11,13-16,20,27,32,37H,9,12,17-18H2,1-8H3,(H,33,35). The first-order valence-electron chi connectivity index (χ1n) is 13.3. The number of aromatic hydroxyl groups is 1. The smallest absolute Gasteiger partial charge is 0.221 e. The molecule has 1 fully saturated rings. The Balaban J connectivity index is 1.97. The zero-order valence-electron chi connectivity index (χ0n) is 23.7. The van der Waals surface area contributed by atoms with Gasteiger partial charge in [0.15, 0.2) is 5.78 Å². The Bertz CT molecular complexity index is 1150. The summed E-state index contributed by atoms with van der Waals surface area (Å²) in [4.78, 5) is 27.4. The lowest BCUT2D eigenvalue weighted by Gasteiger charge is -2.28. The first-order valence-corrected chi connectivity index (χ1v) is 13.3. The summed E-state index contributed by atoms with van der Waals surface area (Å²) in [7, 11) is 0. The number of amidine groups is 1. The monoisotopic (exact) mass is 505 g/mol. The molecule has 0 spiro atoms. The van der Waals surface area contributed by atoms with Crippen LogP contribution in [0.5, 0.6) is 5.75 Å². The Morgan fingerprint density at radius 1 is 1.05 bits per heavy atom. The van der Waals surface area contributed by atoms with Gasteiger partial charge in [0.2, 0.25) is 5.91 Å². The molecule has 1 saturated heterocycles. The molecule has 2 unspecified atom stereocenters. The van der Waals surface area contributed by atoms with Gasteiger partial charge < -0.3 is 15.3 Å². The van der Waals surface area contributed by atoms with Gasteiger partial charge in [-0.3, -0.25) is 15.0 Å². The Kier molecular flexibility index (Phi) is 8.21. The minimum atomic E-state index is -0.328. The van der Waals surface area contributed by atoms with E-state index in [-0.39, 0.29) is 46.7 Å². The van der Waals surface area contributed by atoms with Crippen LogP contribution in [0.3, 0.4) is 0 Å². The van der Waals surface area contributed by atoms with Gasteiger partial charge in [-0.25, -0.2) is 0 Å². The van der Waals surface area contributed by atoms with Crippen molar-refractivity contribution in [2.45, 2.75) is 85.0 Å². The van der Waals surface area contributed by atoms with Crippen LogP contribution in [0, 0.1) is 11.3 Å². The third-order valence-electron chi connectivity index (χ3n) is 7.21. The number of nitrogens with one attached hydrogen (secondary N) is 2. The lowest BCUT2D eigenvalue weighted by atomic mass is 9.78. The van der Waals surface area contributed by atoms with Crippen molar-refractivity contribution in [3.05, 3.63) is 58.7 Å². The molecule has 0 bridgehead atoms. The number of ketones is 1. The number of hydrogen-bond donors (Lipinski definition) is 3. The fourth-order valence-corrected chi connectivity index (χ4v) is 5.36. The van der Waals surface area contributed by atoms with Crippen LogP contribution in [-0.4, -0.2) is 40.6 Å². The molecule has 0 saturated carbocycles. The van der Waals surface area contributed by atoms with E-state index in [4.69, 9.17) is 5.41 Å². The number of benzene rings is 2. The molecule has 0 aromatic heterocycles. The van der Waals surface area contributed by atoms with E-state index >= 15 is 0 Å². The Hall–Kier alpha value is -3.15. The number of amides is 1. The molecule has 1 aliphatic rings. The average Bonchev–Trinajstić information content (AvgIpc) is 3.07. The second-order valence-electron chi connectivity index (χ2n) is 12.4. The molecule has 2 atom stereocenters. The van der Waals surface area contributed by atoms with Crippen molar-refractivity contribution in [3.8, 4) is 5.75 Å². The number of rotatable bonds is 7. The van der Waals surface area contributed by atoms with Gasteiger partial charge in [0.1, 0.15) is 11.6 Å². The summed E-state index contributed by atoms with van der Waals surface area (Å²) >= 11 is 0. The molecular weight excluding hydrogens is 462 g/mol. The molecule has 1 amide bonds.